The third-order valence-electron chi connectivity index (χ3n) is 10.4. The molecule has 0 radical (unpaired) electrons. The molecule has 0 unspecified atom stereocenters. The van der Waals surface area contributed by atoms with Crippen LogP contribution in [-0.2, 0) is 64.0 Å². The van der Waals surface area contributed by atoms with Crippen LogP contribution in [0.5, 0.6) is 0 Å². The van der Waals surface area contributed by atoms with Gasteiger partial charge in [-0.3, -0.25) is 39.0 Å². The summed E-state index contributed by atoms with van der Waals surface area (Å²) in [7, 11) is -12.2. The molecule has 0 saturated carbocycles. The summed E-state index contributed by atoms with van der Waals surface area (Å²) in [6.45, 7) is 49.6. The van der Waals surface area contributed by atoms with Crippen LogP contribution >= 0.6 is 0 Å². The smallest absolute Gasteiger partial charge is 0.741 e. The Morgan fingerprint density at radius 1 is 0.486 bits per heavy atom. The number of halogens is 6. The summed E-state index contributed by atoms with van der Waals surface area (Å²) in [5, 5.41) is 20.8. The Bertz CT molecular complexity index is 1590. The second-order valence-corrected chi connectivity index (χ2v) is 22.2. The number of nitrogens with zero attached hydrogens (tertiary/aromatic N) is 8. The maximum atomic E-state index is 12.0. The quantitative estimate of drug-likeness (QED) is 0.128. The number of hydrogen-bond donors (Lipinski definition) is 2. The van der Waals surface area contributed by atoms with E-state index in [4.69, 9.17) is 36.5 Å². The standard InChI is InChI=1S/2C19H40N4O.2C2H3N.2CHF3O3S.2Cu/c2*1-16(2)22-12-10-21(9-8-20-18(24)19(5,6)7)11-13-23(15-14-22)17(3)4;2*1-2-3;2*2-1(3,4)8(5,6)7;;/h2*16-17H,8-15H2,1-7H3,(H,20,24);2*1H3;2*(H,5,6,7);;/q;;;;;;2*+1/p-2. The summed E-state index contributed by atoms with van der Waals surface area (Å²) < 4.78 is 118. The van der Waals surface area contributed by atoms with Crippen LogP contribution in [0.3, 0.4) is 0 Å². The van der Waals surface area contributed by atoms with Crippen LogP contribution in [0.25, 0.3) is 0 Å². The van der Waals surface area contributed by atoms with E-state index in [9.17, 15) is 35.9 Å². The Labute approximate surface area is 450 Å². The second kappa shape index (κ2) is 39.5. The number of hydrogen-bond acceptors (Lipinski definition) is 16. The van der Waals surface area contributed by atoms with Gasteiger partial charge in [-0.15, -0.1) is 0 Å². The van der Waals surface area contributed by atoms with Crippen molar-refractivity contribution in [3.05, 3.63) is 0 Å². The zero-order valence-electron chi connectivity index (χ0n) is 45.2. The average Bonchev–Trinajstić information content (AvgIpc) is 3.35. The minimum absolute atomic E-state index is 0. The Kier molecular flexibility index (Phi) is 44.7. The molecule has 28 heteroatoms. The third-order valence-corrected chi connectivity index (χ3v) is 11.6. The van der Waals surface area contributed by atoms with Crippen LogP contribution in [0.15, 0.2) is 0 Å². The molecule has 2 aliphatic rings. The van der Waals surface area contributed by atoms with E-state index in [-0.39, 0.29) is 56.8 Å². The van der Waals surface area contributed by atoms with Crippen molar-refractivity contribution >= 4 is 32.1 Å². The number of nitriles is 2. The number of alkyl halides is 6. The Hall–Kier alpha value is -1.88. The van der Waals surface area contributed by atoms with Crippen molar-refractivity contribution < 1.29 is 96.0 Å². The molecule has 2 N–H and O–H groups in total. The topological polar surface area (TPSA) is 240 Å². The first-order chi connectivity index (χ1) is 31.5. The molecule has 72 heavy (non-hydrogen) atoms. The Morgan fingerprint density at radius 2 is 0.639 bits per heavy atom. The molecule has 2 heterocycles. The fourth-order valence-corrected chi connectivity index (χ4v) is 5.96. The van der Waals surface area contributed by atoms with Crippen molar-refractivity contribution in [1.82, 2.24) is 40.0 Å². The molecule has 0 aromatic carbocycles. The zero-order chi connectivity index (χ0) is 56.1. The van der Waals surface area contributed by atoms with E-state index in [0.29, 0.717) is 24.2 Å². The van der Waals surface area contributed by atoms with Gasteiger partial charge >= 0.3 is 45.2 Å². The van der Waals surface area contributed by atoms with Crippen molar-refractivity contribution in [2.75, 3.05) is 105 Å². The summed E-state index contributed by atoms with van der Waals surface area (Å²) >= 11 is 0. The minimum Gasteiger partial charge on any atom is -0.741 e. The first-order valence-corrected chi connectivity index (χ1v) is 26.0. The fourth-order valence-electron chi connectivity index (χ4n) is 5.96. The molecule has 0 aromatic rings. The Morgan fingerprint density at radius 3 is 0.764 bits per heavy atom. The van der Waals surface area contributed by atoms with E-state index >= 15 is 0 Å². The SMILES string of the molecule is CC#N.CC#N.CC(C)N1CCN(CCNC(=O)C(C)(C)C)CCN(C(C)C)CC1.CC(C)N1CCN(CCNC(=O)C(C)(C)C)CCN(C(C)C)CC1.O=S(=O)([O-])C(F)(F)F.O=S(=O)([O-])C(F)(F)F.[Cu+].[Cu+]. The molecule has 2 fully saturated rings. The van der Waals surface area contributed by atoms with Crippen molar-refractivity contribution in [3.8, 4) is 12.1 Å². The van der Waals surface area contributed by atoms with Gasteiger partial charge in [0, 0.05) is 154 Å². The molecule has 0 atom stereocenters. The number of nitrogens with one attached hydrogen (secondary N) is 2. The van der Waals surface area contributed by atoms with Gasteiger partial charge in [0.15, 0.2) is 20.2 Å². The van der Waals surface area contributed by atoms with Gasteiger partial charge in [-0.25, -0.2) is 16.8 Å². The molecule has 2 rings (SSSR count). The summed E-state index contributed by atoms with van der Waals surface area (Å²) in [6, 6.07) is 5.83. The van der Waals surface area contributed by atoms with Gasteiger partial charge in [0.05, 0.1) is 12.1 Å². The van der Waals surface area contributed by atoms with E-state index in [1.807, 2.05) is 41.5 Å². The molecule has 0 aliphatic carbocycles. The van der Waals surface area contributed by atoms with Gasteiger partial charge in [-0.05, 0) is 55.4 Å². The summed E-state index contributed by atoms with van der Waals surface area (Å²) in [5.41, 5.74) is -11.9. The monoisotopic (exact) mass is 1190 g/mol. The van der Waals surface area contributed by atoms with Crippen molar-refractivity contribution in [3.63, 3.8) is 0 Å². The number of amides is 2. The predicted octanol–water partition coefficient (Wildman–Crippen LogP) is 4.93. The maximum absolute atomic E-state index is 12.0. The van der Waals surface area contributed by atoms with Gasteiger partial charge in [-0.1, -0.05) is 41.5 Å². The predicted molar refractivity (Wildman–Crippen MR) is 259 cm³/mol. The van der Waals surface area contributed by atoms with Crippen molar-refractivity contribution in [1.29, 1.82) is 10.5 Å². The van der Waals surface area contributed by atoms with Crippen LogP contribution in [0.4, 0.5) is 26.3 Å². The van der Waals surface area contributed by atoms with Crippen LogP contribution in [0.1, 0.15) is 111 Å². The summed E-state index contributed by atoms with van der Waals surface area (Å²) in [4.78, 5) is 39.3. The van der Waals surface area contributed by atoms with Crippen LogP contribution in [0.2, 0.25) is 0 Å². The van der Waals surface area contributed by atoms with E-state index < -0.39 is 31.3 Å². The molecule has 2 amide bonds. The molecule has 2 saturated heterocycles. The fraction of sp³-hybridized carbons (Fsp3) is 0.909. The van der Waals surface area contributed by atoms with Gasteiger partial charge in [0.25, 0.3) is 0 Å². The largest absolute Gasteiger partial charge is 1.00 e. The van der Waals surface area contributed by atoms with Gasteiger partial charge < -0.3 is 19.7 Å². The molecule has 2 aliphatic heterocycles. The zero-order valence-corrected chi connectivity index (χ0v) is 48.7. The van der Waals surface area contributed by atoms with E-state index in [1.165, 1.54) is 13.8 Å². The second-order valence-electron chi connectivity index (χ2n) is 19.5. The molecular formula is C44H86Cu2F6N10O8S2. The third kappa shape index (κ3) is 41.4. The normalized spacial score (nSPS) is 16.7. The number of rotatable bonds is 10. The van der Waals surface area contributed by atoms with Gasteiger partial charge in [-0.2, -0.15) is 36.9 Å². The number of carbonyl (C=O) groups is 2. The average molecular weight is 1190 g/mol. The van der Waals surface area contributed by atoms with Gasteiger partial charge in [0.2, 0.25) is 11.8 Å². The van der Waals surface area contributed by atoms with E-state index in [1.54, 1.807) is 12.1 Å². The first-order valence-electron chi connectivity index (χ1n) is 23.2. The number of carbonyl (C=O) groups excluding carboxylic acids is 2. The van der Waals surface area contributed by atoms with E-state index in [0.717, 1.165) is 105 Å². The maximum Gasteiger partial charge on any atom is 1.00 e. The summed E-state index contributed by atoms with van der Waals surface area (Å²) in [5.74, 6) is 0.277. The molecular weight excluding hydrogens is 1100 g/mol. The molecule has 0 aromatic heterocycles. The van der Waals surface area contributed by atoms with E-state index in [2.05, 4.69) is 95.4 Å². The first kappa shape index (κ1) is 81.5. The molecule has 0 bridgehead atoms. The molecule has 18 nitrogen and oxygen atoms in total. The molecule has 436 valence electrons. The summed E-state index contributed by atoms with van der Waals surface area (Å²) in [6.07, 6.45) is 0. The molecule has 0 spiro atoms. The van der Waals surface area contributed by atoms with Crippen LogP contribution in [0, 0.1) is 33.5 Å². The van der Waals surface area contributed by atoms with Crippen LogP contribution < -0.4 is 10.6 Å². The minimum atomic E-state index is -6.09. The van der Waals surface area contributed by atoms with Crippen LogP contribution in [-0.4, -0.2) is 207 Å². The van der Waals surface area contributed by atoms with Gasteiger partial charge in [0.1, 0.15) is 0 Å². The Balaban J connectivity index is -0.000000211. The van der Waals surface area contributed by atoms with Crippen molar-refractivity contribution in [2.24, 2.45) is 10.8 Å². The van der Waals surface area contributed by atoms with Crippen molar-refractivity contribution in [2.45, 2.75) is 146 Å².